The smallest absolute Gasteiger partial charge is 0.144 e. The molecule has 1 heterocycles. The molecule has 1 aromatic rings. The molecule has 0 spiro atoms. The third-order valence-corrected chi connectivity index (χ3v) is 3.55. The molecule has 88 valence electrons. The van der Waals surface area contributed by atoms with Gasteiger partial charge in [0.05, 0.1) is 26.6 Å². The lowest BCUT2D eigenvalue weighted by atomic mass is 9.64. The molecule has 1 aromatic heterocycles. The summed E-state index contributed by atoms with van der Waals surface area (Å²) in [5.41, 5.74) is 7.03. The van der Waals surface area contributed by atoms with Crippen LogP contribution in [0.5, 0.6) is 11.5 Å². The van der Waals surface area contributed by atoms with E-state index in [0.29, 0.717) is 6.54 Å². The van der Waals surface area contributed by atoms with Gasteiger partial charge < -0.3 is 15.2 Å². The molecule has 0 aromatic carbocycles. The number of hydrogen-bond acceptors (Lipinski definition) is 4. The standard InChI is InChI=1S/C12H18N2O2/c1-15-9-6-14-7-10(16-2)11(9)12(8-13)4-3-5-12/h6-7H,3-5,8,13H2,1-2H3. The SMILES string of the molecule is COc1cncc(OC)c1C1(CN)CCC1. The first-order valence-electron chi connectivity index (χ1n) is 5.54. The second-order valence-electron chi connectivity index (χ2n) is 4.26. The summed E-state index contributed by atoms with van der Waals surface area (Å²) in [7, 11) is 3.31. The molecule has 1 saturated carbocycles. The Kier molecular flexibility index (Phi) is 3.01. The van der Waals surface area contributed by atoms with Crippen molar-refractivity contribution in [1.82, 2.24) is 4.98 Å². The zero-order valence-corrected chi connectivity index (χ0v) is 9.82. The van der Waals surface area contributed by atoms with Gasteiger partial charge in [0.15, 0.2) is 0 Å². The Morgan fingerprint density at radius 2 is 1.81 bits per heavy atom. The van der Waals surface area contributed by atoms with Crippen molar-refractivity contribution in [2.24, 2.45) is 5.73 Å². The van der Waals surface area contributed by atoms with Crippen molar-refractivity contribution < 1.29 is 9.47 Å². The third kappa shape index (κ3) is 1.53. The fraction of sp³-hybridized carbons (Fsp3) is 0.583. The summed E-state index contributed by atoms with van der Waals surface area (Å²) < 4.78 is 10.7. The molecule has 2 N–H and O–H groups in total. The zero-order valence-electron chi connectivity index (χ0n) is 9.82. The van der Waals surface area contributed by atoms with E-state index in [-0.39, 0.29) is 5.41 Å². The molecule has 0 bridgehead atoms. The lowest BCUT2D eigenvalue weighted by Crippen LogP contribution is -2.42. The minimum absolute atomic E-state index is 0.0274. The highest BCUT2D eigenvalue weighted by molar-refractivity contribution is 5.49. The molecule has 0 saturated heterocycles. The van der Waals surface area contributed by atoms with Crippen molar-refractivity contribution in [2.75, 3.05) is 20.8 Å². The Labute approximate surface area is 95.8 Å². The summed E-state index contributed by atoms with van der Waals surface area (Å²) in [4.78, 5) is 4.10. The van der Waals surface area contributed by atoms with E-state index in [2.05, 4.69) is 4.98 Å². The van der Waals surface area contributed by atoms with Gasteiger partial charge in [0.25, 0.3) is 0 Å². The van der Waals surface area contributed by atoms with E-state index in [4.69, 9.17) is 15.2 Å². The maximum Gasteiger partial charge on any atom is 0.144 e. The van der Waals surface area contributed by atoms with Crippen LogP contribution in [0.25, 0.3) is 0 Å². The van der Waals surface area contributed by atoms with Crippen LogP contribution in [0, 0.1) is 0 Å². The lowest BCUT2D eigenvalue weighted by Gasteiger charge is -2.42. The Morgan fingerprint density at radius 1 is 1.25 bits per heavy atom. The van der Waals surface area contributed by atoms with E-state index in [1.54, 1.807) is 26.6 Å². The van der Waals surface area contributed by atoms with Crippen LogP contribution in [-0.2, 0) is 5.41 Å². The van der Waals surface area contributed by atoms with Gasteiger partial charge in [0.2, 0.25) is 0 Å². The topological polar surface area (TPSA) is 57.4 Å². The van der Waals surface area contributed by atoms with Gasteiger partial charge in [0.1, 0.15) is 11.5 Å². The van der Waals surface area contributed by atoms with Gasteiger partial charge in [-0.05, 0) is 12.8 Å². The molecule has 2 rings (SSSR count). The summed E-state index contributed by atoms with van der Waals surface area (Å²) in [5.74, 6) is 1.56. The molecule has 0 unspecified atom stereocenters. The van der Waals surface area contributed by atoms with Crippen LogP contribution in [0.1, 0.15) is 24.8 Å². The highest BCUT2D eigenvalue weighted by Gasteiger charge is 2.41. The highest BCUT2D eigenvalue weighted by Crippen LogP contribution is 2.49. The van der Waals surface area contributed by atoms with Crippen molar-refractivity contribution in [2.45, 2.75) is 24.7 Å². The van der Waals surface area contributed by atoms with Crippen LogP contribution in [0.15, 0.2) is 12.4 Å². The monoisotopic (exact) mass is 222 g/mol. The molecule has 16 heavy (non-hydrogen) atoms. The molecular weight excluding hydrogens is 204 g/mol. The van der Waals surface area contributed by atoms with Gasteiger partial charge in [-0.25, -0.2) is 0 Å². The second-order valence-corrected chi connectivity index (χ2v) is 4.26. The fourth-order valence-corrected chi connectivity index (χ4v) is 2.42. The number of pyridine rings is 1. The van der Waals surface area contributed by atoms with E-state index >= 15 is 0 Å². The van der Waals surface area contributed by atoms with Crippen molar-refractivity contribution in [3.05, 3.63) is 18.0 Å². The third-order valence-electron chi connectivity index (χ3n) is 3.55. The predicted octanol–water partition coefficient (Wildman–Crippen LogP) is 1.48. The van der Waals surface area contributed by atoms with E-state index in [1.807, 2.05) is 0 Å². The Morgan fingerprint density at radius 3 is 2.12 bits per heavy atom. The summed E-state index contributed by atoms with van der Waals surface area (Å²) in [6, 6.07) is 0. The first kappa shape index (κ1) is 11.2. The molecule has 0 aliphatic heterocycles. The number of ether oxygens (including phenoxy) is 2. The number of aromatic nitrogens is 1. The van der Waals surface area contributed by atoms with Crippen LogP contribution in [0.4, 0.5) is 0 Å². The van der Waals surface area contributed by atoms with Crippen molar-refractivity contribution in [3.63, 3.8) is 0 Å². The molecule has 4 heteroatoms. The van der Waals surface area contributed by atoms with Crippen LogP contribution < -0.4 is 15.2 Å². The molecule has 0 atom stereocenters. The van der Waals surface area contributed by atoms with Gasteiger partial charge in [-0.2, -0.15) is 0 Å². The van der Waals surface area contributed by atoms with Crippen LogP contribution in [0.2, 0.25) is 0 Å². The largest absolute Gasteiger partial charge is 0.495 e. The average Bonchev–Trinajstić information content (AvgIpc) is 2.28. The first-order chi connectivity index (χ1) is 7.77. The number of nitrogens with two attached hydrogens (primary N) is 1. The highest BCUT2D eigenvalue weighted by atomic mass is 16.5. The van der Waals surface area contributed by atoms with Gasteiger partial charge in [0, 0.05) is 17.5 Å². The summed E-state index contributed by atoms with van der Waals surface area (Å²) in [5, 5.41) is 0. The van der Waals surface area contributed by atoms with Crippen molar-refractivity contribution in [1.29, 1.82) is 0 Å². The minimum Gasteiger partial charge on any atom is -0.495 e. The van der Waals surface area contributed by atoms with E-state index in [9.17, 15) is 0 Å². The Balaban J connectivity index is 2.51. The summed E-state index contributed by atoms with van der Waals surface area (Å²) in [6.07, 6.45) is 6.87. The van der Waals surface area contributed by atoms with Crippen LogP contribution >= 0.6 is 0 Å². The average molecular weight is 222 g/mol. The van der Waals surface area contributed by atoms with Crippen molar-refractivity contribution in [3.8, 4) is 11.5 Å². The van der Waals surface area contributed by atoms with E-state index < -0.39 is 0 Å². The predicted molar refractivity (Wildman–Crippen MR) is 61.9 cm³/mol. The number of rotatable bonds is 4. The summed E-state index contributed by atoms with van der Waals surface area (Å²) in [6.45, 7) is 0.629. The Bertz CT molecular complexity index is 348. The van der Waals surface area contributed by atoms with E-state index in [0.717, 1.165) is 29.9 Å². The Hall–Kier alpha value is -1.29. The second kappa shape index (κ2) is 4.29. The molecule has 1 fully saturated rings. The molecule has 1 aliphatic rings. The molecular formula is C12H18N2O2. The van der Waals surface area contributed by atoms with Gasteiger partial charge in [-0.3, -0.25) is 4.98 Å². The van der Waals surface area contributed by atoms with Crippen LogP contribution in [-0.4, -0.2) is 25.7 Å². The van der Waals surface area contributed by atoms with E-state index in [1.165, 1.54) is 6.42 Å². The lowest BCUT2D eigenvalue weighted by molar-refractivity contribution is 0.233. The van der Waals surface area contributed by atoms with Crippen LogP contribution in [0.3, 0.4) is 0 Å². The zero-order chi connectivity index (χ0) is 11.6. The first-order valence-corrected chi connectivity index (χ1v) is 5.54. The number of hydrogen-bond donors (Lipinski definition) is 1. The normalized spacial score (nSPS) is 17.7. The number of nitrogens with zero attached hydrogens (tertiary/aromatic N) is 1. The fourth-order valence-electron chi connectivity index (χ4n) is 2.42. The quantitative estimate of drug-likeness (QED) is 0.838. The minimum atomic E-state index is 0.0274. The molecule has 0 radical (unpaired) electrons. The summed E-state index contributed by atoms with van der Waals surface area (Å²) >= 11 is 0. The molecule has 0 amide bonds. The maximum absolute atomic E-state index is 5.92. The van der Waals surface area contributed by atoms with Gasteiger partial charge in [-0.1, -0.05) is 6.42 Å². The van der Waals surface area contributed by atoms with Gasteiger partial charge >= 0.3 is 0 Å². The number of methoxy groups -OCH3 is 2. The molecule has 4 nitrogen and oxygen atoms in total. The van der Waals surface area contributed by atoms with Gasteiger partial charge in [-0.15, -0.1) is 0 Å². The molecule has 1 aliphatic carbocycles. The maximum atomic E-state index is 5.92. The van der Waals surface area contributed by atoms with Crippen molar-refractivity contribution >= 4 is 0 Å².